The van der Waals surface area contributed by atoms with E-state index in [2.05, 4.69) is 20.4 Å². The Balaban J connectivity index is 1.54. The maximum Gasteiger partial charge on any atom is 0.234 e. The molecule has 1 atom stereocenters. The van der Waals surface area contributed by atoms with E-state index in [0.717, 1.165) is 25.1 Å². The minimum Gasteiger partial charge on any atom is -0.467 e. The quantitative estimate of drug-likeness (QED) is 0.896. The van der Waals surface area contributed by atoms with Crippen LogP contribution >= 0.6 is 0 Å². The second kappa shape index (κ2) is 6.09. The Morgan fingerprint density at radius 2 is 2.48 bits per heavy atom. The Morgan fingerprint density at radius 1 is 1.57 bits per heavy atom. The van der Waals surface area contributed by atoms with E-state index in [4.69, 9.17) is 8.94 Å². The zero-order valence-corrected chi connectivity index (χ0v) is 11.9. The second-order valence-corrected chi connectivity index (χ2v) is 5.16. The first-order valence-corrected chi connectivity index (χ1v) is 7.06. The van der Waals surface area contributed by atoms with Crippen molar-refractivity contribution in [1.29, 1.82) is 0 Å². The summed E-state index contributed by atoms with van der Waals surface area (Å²) in [6.07, 6.45) is 3.57. The average molecular weight is 290 g/mol. The highest BCUT2D eigenvalue weighted by molar-refractivity contribution is 5.78. The van der Waals surface area contributed by atoms with Crippen LogP contribution in [0.4, 0.5) is 0 Å². The maximum atomic E-state index is 12.0. The number of hydrogen-bond donors (Lipinski definition) is 1. The van der Waals surface area contributed by atoms with E-state index in [1.54, 1.807) is 19.3 Å². The Hall–Kier alpha value is -2.15. The third-order valence-electron chi connectivity index (χ3n) is 3.59. The molecule has 0 spiro atoms. The summed E-state index contributed by atoms with van der Waals surface area (Å²) in [5.41, 5.74) is 0. The van der Waals surface area contributed by atoms with Crippen LogP contribution in [0.5, 0.6) is 0 Å². The van der Waals surface area contributed by atoms with Gasteiger partial charge in [-0.2, -0.15) is 4.98 Å². The third kappa shape index (κ3) is 3.30. The highest BCUT2D eigenvalue weighted by Gasteiger charge is 2.30. The number of carbonyl (C=O) groups is 1. The van der Waals surface area contributed by atoms with Gasteiger partial charge in [-0.05, 0) is 31.5 Å². The SMILES string of the molecule is Cc1nc([C@H]2CCCN2CC(=O)NCc2ccco2)no1. The number of furan rings is 1. The molecular weight excluding hydrogens is 272 g/mol. The summed E-state index contributed by atoms with van der Waals surface area (Å²) in [6, 6.07) is 3.70. The van der Waals surface area contributed by atoms with Gasteiger partial charge in [0.15, 0.2) is 5.82 Å². The highest BCUT2D eigenvalue weighted by atomic mass is 16.5. The Kier molecular flexibility index (Phi) is 4.01. The van der Waals surface area contributed by atoms with Crippen LogP contribution in [0.3, 0.4) is 0 Å². The van der Waals surface area contributed by atoms with Gasteiger partial charge in [0, 0.05) is 6.92 Å². The lowest BCUT2D eigenvalue weighted by Gasteiger charge is -2.20. The third-order valence-corrected chi connectivity index (χ3v) is 3.59. The molecule has 112 valence electrons. The lowest BCUT2D eigenvalue weighted by Crippen LogP contribution is -2.36. The molecular formula is C14H18N4O3. The summed E-state index contributed by atoms with van der Waals surface area (Å²) >= 11 is 0. The number of nitrogens with zero attached hydrogens (tertiary/aromatic N) is 3. The molecule has 1 saturated heterocycles. The van der Waals surface area contributed by atoms with Crippen molar-refractivity contribution in [2.24, 2.45) is 0 Å². The smallest absolute Gasteiger partial charge is 0.234 e. The molecule has 1 N–H and O–H groups in total. The van der Waals surface area contributed by atoms with E-state index in [-0.39, 0.29) is 11.9 Å². The number of aromatic nitrogens is 2. The van der Waals surface area contributed by atoms with Gasteiger partial charge in [-0.15, -0.1) is 0 Å². The van der Waals surface area contributed by atoms with E-state index in [1.165, 1.54) is 0 Å². The first-order valence-electron chi connectivity index (χ1n) is 7.06. The fourth-order valence-corrected chi connectivity index (χ4v) is 2.60. The monoisotopic (exact) mass is 290 g/mol. The summed E-state index contributed by atoms with van der Waals surface area (Å²) < 4.78 is 10.2. The van der Waals surface area contributed by atoms with Crippen molar-refractivity contribution < 1.29 is 13.7 Å². The predicted molar refractivity (Wildman–Crippen MR) is 73.1 cm³/mol. The molecule has 2 aromatic rings. The Morgan fingerprint density at radius 3 is 3.19 bits per heavy atom. The van der Waals surface area contributed by atoms with Crippen molar-refractivity contribution in [3.05, 3.63) is 35.9 Å². The lowest BCUT2D eigenvalue weighted by molar-refractivity contribution is -0.122. The highest BCUT2D eigenvalue weighted by Crippen LogP contribution is 2.29. The maximum absolute atomic E-state index is 12.0. The molecule has 0 saturated carbocycles. The molecule has 1 amide bonds. The van der Waals surface area contributed by atoms with Crippen LogP contribution in [0.25, 0.3) is 0 Å². The number of rotatable bonds is 5. The number of aryl methyl sites for hydroxylation is 1. The largest absolute Gasteiger partial charge is 0.467 e. The van der Waals surface area contributed by atoms with Crippen LogP contribution in [0.2, 0.25) is 0 Å². The van der Waals surface area contributed by atoms with Crippen molar-refractivity contribution in [3.63, 3.8) is 0 Å². The number of carbonyl (C=O) groups excluding carboxylic acids is 1. The molecule has 1 aliphatic heterocycles. The molecule has 0 radical (unpaired) electrons. The molecule has 1 aliphatic rings. The topological polar surface area (TPSA) is 84.4 Å². The summed E-state index contributed by atoms with van der Waals surface area (Å²) in [6.45, 7) is 3.38. The standard InChI is InChI=1S/C14H18N4O3/c1-10-16-14(17-21-10)12-5-2-6-18(12)9-13(19)15-8-11-4-3-7-20-11/h3-4,7,12H,2,5-6,8-9H2,1H3,(H,15,19)/t12-/m1/s1. The van der Waals surface area contributed by atoms with Crippen molar-refractivity contribution in [1.82, 2.24) is 20.4 Å². The molecule has 0 bridgehead atoms. The Labute approximate surface area is 122 Å². The van der Waals surface area contributed by atoms with Gasteiger partial charge in [0.2, 0.25) is 11.8 Å². The summed E-state index contributed by atoms with van der Waals surface area (Å²) in [4.78, 5) is 18.4. The zero-order chi connectivity index (χ0) is 14.7. The molecule has 1 fully saturated rings. The molecule has 0 unspecified atom stereocenters. The van der Waals surface area contributed by atoms with E-state index in [0.29, 0.717) is 24.8 Å². The van der Waals surface area contributed by atoms with Crippen molar-refractivity contribution in [3.8, 4) is 0 Å². The zero-order valence-electron chi connectivity index (χ0n) is 11.9. The van der Waals surface area contributed by atoms with E-state index in [9.17, 15) is 4.79 Å². The lowest BCUT2D eigenvalue weighted by atomic mass is 10.2. The van der Waals surface area contributed by atoms with Gasteiger partial charge < -0.3 is 14.3 Å². The van der Waals surface area contributed by atoms with Crippen LogP contribution in [-0.4, -0.2) is 34.0 Å². The first-order chi connectivity index (χ1) is 10.2. The summed E-state index contributed by atoms with van der Waals surface area (Å²) in [5, 5.41) is 6.82. The van der Waals surface area contributed by atoms with Crippen LogP contribution in [0.15, 0.2) is 27.3 Å². The van der Waals surface area contributed by atoms with E-state index in [1.807, 2.05) is 6.07 Å². The van der Waals surface area contributed by atoms with Crippen molar-refractivity contribution in [2.45, 2.75) is 32.4 Å². The number of hydrogen-bond acceptors (Lipinski definition) is 6. The molecule has 3 rings (SSSR count). The van der Waals surface area contributed by atoms with Crippen molar-refractivity contribution in [2.75, 3.05) is 13.1 Å². The van der Waals surface area contributed by atoms with Gasteiger partial charge in [-0.25, -0.2) is 0 Å². The van der Waals surface area contributed by atoms with Crippen LogP contribution in [0.1, 0.15) is 36.4 Å². The van der Waals surface area contributed by atoms with E-state index >= 15 is 0 Å². The normalized spacial score (nSPS) is 19.0. The fraction of sp³-hybridized carbons (Fsp3) is 0.500. The second-order valence-electron chi connectivity index (χ2n) is 5.16. The van der Waals surface area contributed by atoms with Gasteiger partial charge >= 0.3 is 0 Å². The van der Waals surface area contributed by atoms with Gasteiger partial charge in [0.1, 0.15) is 5.76 Å². The molecule has 2 aromatic heterocycles. The van der Waals surface area contributed by atoms with Gasteiger partial charge in [0.05, 0.1) is 25.4 Å². The minimum absolute atomic E-state index is 0.0292. The molecule has 0 aromatic carbocycles. The molecule has 7 nitrogen and oxygen atoms in total. The van der Waals surface area contributed by atoms with Crippen LogP contribution < -0.4 is 5.32 Å². The average Bonchev–Trinajstić information content (AvgIpc) is 3.17. The summed E-state index contributed by atoms with van der Waals surface area (Å²) in [5.74, 6) is 1.94. The van der Waals surface area contributed by atoms with Gasteiger partial charge in [0.25, 0.3) is 0 Å². The summed E-state index contributed by atoms with van der Waals surface area (Å²) in [7, 11) is 0. The van der Waals surface area contributed by atoms with Crippen molar-refractivity contribution >= 4 is 5.91 Å². The minimum atomic E-state index is -0.0292. The molecule has 0 aliphatic carbocycles. The van der Waals surface area contributed by atoms with Crippen LogP contribution in [0, 0.1) is 6.92 Å². The van der Waals surface area contributed by atoms with Gasteiger partial charge in [-0.1, -0.05) is 5.16 Å². The molecule has 21 heavy (non-hydrogen) atoms. The van der Waals surface area contributed by atoms with E-state index < -0.39 is 0 Å². The Bertz CT molecular complexity index is 593. The number of likely N-dealkylation sites (tertiary alicyclic amines) is 1. The number of nitrogens with one attached hydrogen (secondary N) is 1. The molecule has 7 heteroatoms. The van der Waals surface area contributed by atoms with Gasteiger partial charge in [-0.3, -0.25) is 9.69 Å². The first kappa shape index (κ1) is 13.8. The molecule has 3 heterocycles. The predicted octanol–water partition coefficient (Wildman–Crippen LogP) is 1.42. The number of amides is 1. The van der Waals surface area contributed by atoms with Crippen LogP contribution in [-0.2, 0) is 11.3 Å². The fourth-order valence-electron chi connectivity index (χ4n) is 2.60.